The van der Waals surface area contributed by atoms with E-state index in [0.717, 1.165) is 18.2 Å². The summed E-state index contributed by atoms with van der Waals surface area (Å²) in [6.07, 6.45) is -1.23. The Morgan fingerprint density at radius 2 is 1.89 bits per heavy atom. The average molecular weight is 383 g/mol. The van der Waals surface area contributed by atoms with Crippen molar-refractivity contribution < 1.29 is 27.6 Å². The molecule has 27 heavy (non-hydrogen) atoms. The zero-order chi connectivity index (χ0) is 20.0. The molecular weight excluding hydrogens is 363 g/mol. The highest BCUT2D eigenvalue weighted by atomic mass is 19.4. The largest absolute Gasteiger partial charge is 0.416 e. The highest BCUT2D eigenvalue weighted by molar-refractivity contribution is 5.94. The standard InChI is InChI=1S/C18H20F3N3O3/c1-12(25)23-15-8-9-24(11-15)17(27)10-22-16(26)7-4-13-2-5-14(6-3-13)18(19,20)21/h2-7,15H,8-11H2,1H3,(H,22,26)(H,23,25)/b7-4+/t15-/m0/s1. The van der Waals surface area contributed by atoms with Gasteiger partial charge in [-0.05, 0) is 30.2 Å². The van der Waals surface area contributed by atoms with E-state index in [9.17, 15) is 27.6 Å². The van der Waals surface area contributed by atoms with Gasteiger partial charge in [0.2, 0.25) is 17.7 Å². The maximum absolute atomic E-state index is 12.5. The molecule has 6 nitrogen and oxygen atoms in total. The van der Waals surface area contributed by atoms with E-state index in [2.05, 4.69) is 10.6 Å². The van der Waals surface area contributed by atoms with Gasteiger partial charge in [0.15, 0.2) is 0 Å². The minimum absolute atomic E-state index is 0.0817. The van der Waals surface area contributed by atoms with Crippen LogP contribution in [0.3, 0.4) is 0 Å². The lowest BCUT2D eigenvalue weighted by atomic mass is 10.1. The van der Waals surface area contributed by atoms with Gasteiger partial charge in [0.05, 0.1) is 12.1 Å². The number of rotatable bonds is 5. The van der Waals surface area contributed by atoms with Gasteiger partial charge in [-0.1, -0.05) is 12.1 Å². The van der Waals surface area contributed by atoms with Crippen LogP contribution in [0.4, 0.5) is 13.2 Å². The Kier molecular flexibility index (Phi) is 6.59. The van der Waals surface area contributed by atoms with Crippen LogP contribution in [-0.2, 0) is 20.6 Å². The van der Waals surface area contributed by atoms with E-state index in [1.807, 2.05) is 0 Å². The molecule has 1 saturated heterocycles. The van der Waals surface area contributed by atoms with Gasteiger partial charge in [0.25, 0.3) is 0 Å². The molecule has 2 N–H and O–H groups in total. The third-order valence-electron chi connectivity index (χ3n) is 4.03. The number of likely N-dealkylation sites (tertiary alicyclic amines) is 1. The van der Waals surface area contributed by atoms with Crippen molar-refractivity contribution in [2.75, 3.05) is 19.6 Å². The van der Waals surface area contributed by atoms with Crippen LogP contribution in [0, 0.1) is 0 Å². The Morgan fingerprint density at radius 1 is 1.22 bits per heavy atom. The fourth-order valence-electron chi connectivity index (χ4n) is 2.68. The molecule has 1 atom stereocenters. The van der Waals surface area contributed by atoms with Gasteiger partial charge >= 0.3 is 6.18 Å². The number of carbonyl (C=O) groups excluding carboxylic acids is 3. The molecule has 9 heteroatoms. The molecule has 1 heterocycles. The fourth-order valence-corrected chi connectivity index (χ4v) is 2.68. The van der Waals surface area contributed by atoms with Gasteiger partial charge in [-0.2, -0.15) is 13.2 Å². The van der Waals surface area contributed by atoms with Crippen LogP contribution in [0.5, 0.6) is 0 Å². The monoisotopic (exact) mass is 383 g/mol. The molecule has 0 unspecified atom stereocenters. The SMILES string of the molecule is CC(=O)N[C@H]1CCN(C(=O)CNC(=O)/C=C/c2ccc(C(F)(F)F)cc2)C1. The van der Waals surface area contributed by atoms with E-state index in [-0.39, 0.29) is 24.4 Å². The second-order valence-electron chi connectivity index (χ2n) is 6.20. The Morgan fingerprint density at radius 3 is 2.48 bits per heavy atom. The molecule has 1 aliphatic heterocycles. The number of benzene rings is 1. The topological polar surface area (TPSA) is 78.5 Å². The van der Waals surface area contributed by atoms with Gasteiger partial charge in [-0.15, -0.1) is 0 Å². The van der Waals surface area contributed by atoms with E-state index in [0.29, 0.717) is 25.1 Å². The molecule has 0 radical (unpaired) electrons. The summed E-state index contributed by atoms with van der Waals surface area (Å²) in [7, 11) is 0. The van der Waals surface area contributed by atoms with Crippen molar-refractivity contribution in [3.63, 3.8) is 0 Å². The van der Waals surface area contributed by atoms with E-state index < -0.39 is 17.6 Å². The second-order valence-corrected chi connectivity index (χ2v) is 6.20. The molecule has 146 valence electrons. The van der Waals surface area contributed by atoms with E-state index in [1.54, 1.807) is 4.90 Å². The predicted octanol–water partition coefficient (Wildman–Crippen LogP) is 1.57. The smallest absolute Gasteiger partial charge is 0.352 e. The first-order valence-electron chi connectivity index (χ1n) is 8.33. The summed E-state index contributed by atoms with van der Waals surface area (Å²) in [5.74, 6) is -0.948. The number of hydrogen-bond acceptors (Lipinski definition) is 3. The summed E-state index contributed by atoms with van der Waals surface area (Å²) in [5, 5.41) is 5.18. The molecule has 0 bridgehead atoms. The molecule has 3 amide bonds. The zero-order valence-corrected chi connectivity index (χ0v) is 14.7. The lowest BCUT2D eigenvalue weighted by Gasteiger charge is -2.16. The van der Waals surface area contributed by atoms with Gasteiger partial charge in [-0.3, -0.25) is 14.4 Å². The normalized spacial score (nSPS) is 17.2. The molecule has 1 fully saturated rings. The van der Waals surface area contributed by atoms with E-state index in [4.69, 9.17) is 0 Å². The van der Waals surface area contributed by atoms with Crippen LogP contribution in [-0.4, -0.2) is 48.3 Å². The first kappa shape index (κ1) is 20.5. The van der Waals surface area contributed by atoms with Crippen molar-refractivity contribution >= 4 is 23.8 Å². The van der Waals surface area contributed by atoms with Crippen molar-refractivity contribution in [1.29, 1.82) is 0 Å². The molecule has 2 rings (SSSR count). The molecule has 0 aromatic heterocycles. The predicted molar refractivity (Wildman–Crippen MR) is 92.3 cm³/mol. The maximum atomic E-state index is 12.5. The Bertz CT molecular complexity index is 730. The third kappa shape index (κ3) is 6.43. The van der Waals surface area contributed by atoms with Crippen molar-refractivity contribution in [1.82, 2.24) is 15.5 Å². The van der Waals surface area contributed by atoms with Gasteiger partial charge in [0.1, 0.15) is 0 Å². The Labute approximate surface area is 154 Å². The number of nitrogens with zero attached hydrogens (tertiary/aromatic N) is 1. The first-order chi connectivity index (χ1) is 12.6. The second kappa shape index (κ2) is 8.70. The summed E-state index contributed by atoms with van der Waals surface area (Å²) >= 11 is 0. The molecule has 0 spiro atoms. The van der Waals surface area contributed by atoms with Crippen LogP contribution in [0.2, 0.25) is 0 Å². The third-order valence-corrected chi connectivity index (χ3v) is 4.03. The number of hydrogen-bond donors (Lipinski definition) is 2. The highest BCUT2D eigenvalue weighted by Crippen LogP contribution is 2.29. The fraction of sp³-hybridized carbons (Fsp3) is 0.389. The van der Waals surface area contributed by atoms with Crippen LogP contribution >= 0.6 is 0 Å². The summed E-state index contributed by atoms with van der Waals surface area (Å²) in [5.41, 5.74) is -0.333. The summed E-state index contributed by atoms with van der Waals surface area (Å²) in [6, 6.07) is 4.29. The van der Waals surface area contributed by atoms with Crippen molar-refractivity contribution in [3.05, 3.63) is 41.5 Å². The minimum atomic E-state index is -4.41. The zero-order valence-electron chi connectivity index (χ0n) is 14.7. The number of alkyl halides is 3. The lowest BCUT2D eigenvalue weighted by Crippen LogP contribution is -2.41. The molecule has 0 aliphatic carbocycles. The van der Waals surface area contributed by atoms with E-state index in [1.165, 1.54) is 25.1 Å². The van der Waals surface area contributed by atoms with Gasteiger partial charge in [0, 0.05) is 32.1 Å². The van der Waals surface area contributed by atoms with Crippen molar-refractivity contribution in [2.24, 2.45) is 0 Å². The number of carbonyl (C=O) groups is 3. The maximum Gasteiger partial charge on any atom is 0.416 e. The minimum Gasteiger partial charge on any atom is -0.352 e. The molecule has 0 saturated carbocycles. The Balaban J connectivity index is 1.78. The Hall–Kier alpha value is -2.84. The van der Waals surface area contributed by atoms with Gasteiger partial charge < -0.3 is 15.5 Å². The highest BCUT2D eigenvalue weighted by Gasteiger charge is 2.30. The summed E-state index contributed by atoms with van der Waals surface area (Å²) in [6.45, 7) is 2.12. The lowest BCUT2D eigenvalue weighted by molar-refractivity contribution is -0.137. The average Bonchev–Trinajstić information content (AvgIpc) is 3.05. The molecule has 1 aromatic rings. The summed E-state index contributed by atoms with van der Waals surface area (Å²) in [4.78, 5) is 36.4. The van der Waals surface area contributed by atoms with E-state index >= 15 is 0 Å². The van der Waals surface area contributed by atoms with Crippen molar-refractivity contribution in [2.45, 2.75) is 25.6 Å². The number of halogens is 3. The summed E-state index contributed by atoms with van der Waals surface area (Å²) < 4.78 is 37.5. The molecule has 1 aliphatic rings. The first-order valence-corrected chi connectivity index (χ1v) is 8.33. The molecular formula is C18H20F3N3O3. The van der Waals surface area contributed by atoms with Gasteiger partial charge in [-0.25, -0.2) is 0 Å². The van der Waals surface area contributed by atoms with Crippen LogP contribution in [0.25, 0.3) is 6.08 Å². The number of nitrogens with one attached hydrogen (secondary N) is 2. The van der Waals surface area contributed by atoms with Crippen molar-refractivity contribution in [3.8, 4) is 0 Å². The van der Waals surface area contributed by atoms with Crippen LogP contribution in [0.1, 0.15) is 24.5 Å². The number of amides is 3. The quantitative estimate of drug-likeness (QED) is 0.758. The van der Waals surface area contributed by atoms with Crippen LogP contribution < -0.4 is 10.6 Å². The van der Waals surface area contributed by atoms with Crippen LogP contribution in [0.15, 0.2) is 30.3 Å². The molecule has 1 aromatic carbocycles.